The summed E-state index contributed by atoms with van der Waals surface area (Å²) in [6, 6.07) is 15.2. The average molecular weight is 323 g/mol. The van der Waals surface area contributed by atoms with Crippen molar-refractivity contribution in [2.75, 3.05) is 11.5 Å². The van der Waals surface area contributed by atoms with E-state index in [4.69, 9.17) is 4.74 Å². The molecule has 4 nitrogen and oxygen atoms in total. The lowest BCUT2D eigenvalue weighted by atomic mass is 10.1. The van der Waals surface area contributed by atoms with Gasteiger partial charge in [-0.15, -0.1) is 0 Å². The van der Waals surface area contributed by atoms with E-state index in [0.717, 1.165) is 29.7 Å². The van der Waals surface area contributed by atoms with Gasteiger partial charge in [-0.1, -0.05) is 37.3 Å². The number of para-hydroxylation sites is 1. The van der Waals surface area contributed by atoms with Gasteiger partial charge < -0.3 is 9.64 Å². The highest BCUT2D eigenvalue weighted by molar-refractivity contribution is 5.99. The highest BCUT2D eigenvalue weighted by Gasteiger charge is 2.30. The molecule has 0 saturated heterocycles. The zero-order chi connectivity index (χ0) is 17.1. The number of ether oxygens (including phenoxy) is 1. The summed E-state index contributed by atoms with van der Waals surface area (Å²) in [6.07, 6.45) is 1.74. The predicted octanol–water partition coefficient (Wildman–Crippen LogP) is 3.38. The highest BCUT2D eigenvalue weighted by atomic mass is 16.5. The van der Waals surface area contributed by atoms with Crippen molar-refractivity contribution < 1.29 is 14.3 Å². The molecule has 1 aliphatic rings. The zero-order valence-corrected chi connectivity index (χ0v) is 14.0. The number of fused-ring (bicyclic) bond motifs is 1. The van der Waals surface area contributed by atoms with Crippen molar-refractivity contribution in [1.82, 2.24) is 0 Å². The second-order valence-electron chi connectivity index (χ2n) is 6.07. The first-order chi connectivity index (χ1) is 11.6. The van der Waals surface area contributed by atoms with Crippen LogP contribution in [-0.2, 0) is 22.4 Å². The molecule has 3 rings (SSSR count). The Labute approximate surface area is 142 Å². The van der Waals surface area contributed by atoms with Gasteiger partial charge in [-0.2, -0.15) is 0 Å². The Balaban J connectivity index is 1.64. The Bertz CT molecular complexity index is 752. The van der Waals surface area contributed by atoms with Crippen LogP contribution >= 0.6 is 0 Å². The first kappa shape index (κ1) is 16.2. The van der Waals surface area contributed by atoms with E-state index in [1.807, 2.05) is 43.3 Å². The molecule has 2 aromatic carbocycles. The molecule has 24 heavy (non-hydrogen) atoms. The van der Waals surface area contributed by atoms with Gasteiger partial charge in [-0.05, 0) is 49.1 Å². The second kappa shape index (κ2) is 6.87. The molecular formula is C20H21NO3. The van der Waals surface area contributed by atoms with Crippen molar-refractivity contribution in [1.29, 1.82) is 0 Å². The van der Waals surface area contributed by atoms with E-state index in [-0.39, 0.29) is 18.6 Å². The molecule has 4 heteroatoms. The molecular weight excluding hydrogens is 302 g/mol. The number of aryl methyl sites for hydroxylation is 1. The minimum atomic E-state index is -0.467. The fourth-order valence-electron chi connectivity index (χ4n) is 3.10. The summed E-state index contributed by atoms with van der Waals surface area (Å²) < 4.78 is 5.21. The number of amides is 1. The molecule has 2 aromatic rings. The molecule has 0 fully saturated rings. The summed E-state index contributed by atoms with van der Waals surface area (Å²) in [5.74, 6) is -0.655. The molecule has 1 unspecified atom stereocenters. The first-order valence-corrected chi connectivity index (χ1v) is 8.26. The first-order valence-electron chi connectivity index (χ1n) is 8.26. The molecule has 1 atom stereocenters. The molecule has 124 valence electrons. The minimum Gasteiger partial charge on any atom is -0.452 e. The molecule has 0 aliphatic carbocycles. The summed E-state index contributed by atoms with van der Waals surface area (Å²) in [5, 5.41) is 0. The van der Waals surface area contributed by atoms with E-state index < -0.39 is 5.97 Å². The van der Waals surface area contributed by atoms with Crippen LogP contribution in [-0.4, -0.2) is 24.5 Å². The summed E-state index contributed by atoms with van der Waals surface area (Å²) in [7, 11) is 0. The Morgan fingerprint density at radius 1 is 1.12 bits per heavy atom. The van der Waals surface area contributed by atoms with Crippen LogP contribution in [0.3, 0.4) is 0 Å². The fourth-order valence-corrected chi connectivity index (χ4v) is 3.10. The standard InChI is InChI=1S/C20H21NO3/c1-3-15-8-10-16(11-9-15)20(23)24-13-19(22)21-14(2)12-17-6-4-5-7-18(17)21/h4-11,14H,3,12-13H2,1-2H3. The van der Waals surface area contributed by atoms with Crippen molar-refractivity contribution >= 4 is 17.6 Å². The maximum atomic E-state index is 12.5. The van der Waals surface area contributed by atoms with E-state index in [0.29, 0.717) is 5.56 Å². The third-order valence-corrected chi connectivity index (χ3v) is 4.40. The fraction of sp³-hybridized carbons (Fsp3) is 0.300. The van der Waals surface area contributed by atoms with Crippen LogP contribution in [0.5, 0.6) is 0 Å². The third kappa shape index (κ3) is 3.18. The lowest BCUT2D eigenvalue weighted by molar-refractivity contribution is -0.122. The molecule has 0 radical (unpaired) electrons. The van der Waals surface area contributed by atoms with Gasteiger partial charge in [0, 0.05) is 11.7 Å². The van der Waals surface area contributed by atoms with Crippen molar-refractivity contribution in [2.45, 2.75) is 32.7 Å². The summed E-state index contributed by atoms with van der Waals surface area (Å²) in [5.41, 5.74) is 3.69. The quantitative estimate of drug-likeness (QED) is 0.810. The number of benzene rings is 2. The number of carbonyl (C=O) groups is 2. The van der Waals surface area contributed by atoms with Crippen LogP contribution in [0.1, 0.15) is 35.3 Å². The van der Waals surface area contributed by atoms with E-state index >= 15 is 0 Å². The lowest BCUT2D eigenvalue weighted by Gasteiger charge is -2.22. The second-order valence-corrected chi connectivity index (χ2v) is 6.07. The largest absolute Gasteiger partial charge is 0.452 e. The number of rotatable bonds is 4. The number of nitrogens with zero attached hydrogens (tertiary/aromatic N) is 1. The summed E-state index contributed by atoms with van der Waals surface area (Å²) in [6.45, 7) is 3.82. The van der Waals surface area contributed by atoms with E-state index in [2.05, 4.69) is 6.92 Å². The monoisotopic (exact) mass is 323 g/mol. The van der Waals surface area contributed by atoms with Gasteiger partial charge in [0.1, 0.15) is 0 Å². The van der Waals surface area contributed by atoms with Crippen molar-refractivity contribution in [3.05, 3.63) is 65.2 Å². The molecule has 0 bridgehead atoms. The smallest absolute Gasteiger partial charge is 0.338 e. The van der Waals surface area contributed by atoms with Gasteiger partial charge in [0.2, 0.25) is 0 Å². The van der Waals surface area contributed by atoms with Gasteiger partial charge in [-0.3, -0.25) is 4.79 Å². The molecule has 0 aromatic heterocycles. The summed E-state index contributed by atoms with van der Waals surface area (Å²) >= 11 is 0. The van der Waals surface area contributed by atoms with Crippen LogP contribution in [0.15, 0.2) is 48.5 Å². The molecule has 1 aliphatic heterocycles. The Morgan fingerprint density at radius 3 is 2.54 bits per heavy atom. The Hall–Kier alpha value is -2.62. The Kier molecular flexibility index (Phi) is 4.65. The highest BCUT2D eigenvalue weighted by Crippen LogP contribution is 2.31. The van der Waals surface area contributed by atoms with Crippen molar-refractivity contribution in [2.24, 2.45) is 0 Å². The Morgan fingerprint density at radius 2 is 1.83 bits per heavy atom. The van der Waals surface area contributed by atoms with Gasteiger partial charge in [-0.25, -0.2) is 4.79 Å². The predicted molar refractivity (Wildman–Crippen MR) is 93.2 cm³/mol. The molecule has 0 spiro atoms. The van der Waals surface area contributed by atoms with E-state index in [1.54, 1.807) is 17.0 Å². The van der Waals surface area contributed by atoms with Crippen LogP contribution in [0.4, 0.5) is 5.69 Å². The van der Waals surface area contributed by atoms with E-state index in [9.17, 15) is 9.59 Å². The van der Waals surface area contributed by atoms with Crippen LogP contribution in [0.25, 0.3) is 0 Å². The van der Waals surface area contributed by atoms with Gasteiger partial charge in [0.05, 0.1) is 5.56 Å². The van der Waals surface area contributed by atoms with Crippen LogP contribution < -0.4 is 4.90 Å². The normalized spacial score (nSPS) is 15.9. The number of hydrogen-bond acceptors (Lipinski definition) is 3. The third-order valence-electron chi connectivity index (χ3n) is 4.40. The van der Waals surface area contributed by atoms with Gasteiger partial charge in [0.25, 0.3) is 5.91 Å². The number of carbonyl (C=O) groups excluding carboxylic acids is 2. The van der Waals surface area contributed by atoms with E-state index in [1.165, 1.54) is 0 Å². The topological polar surface area (TPSA) is 46.6 Å². The number of hydrogen-bond donors (Lipinski definition) is 0. The SMILES string of the molecule is CCc1ccc(C(=O)OCC(=O)N2c3ccccc3CC2C)cc1. The maximum Gasteiger partial charge on any atom is 0.338 e. The van der Waals surface area contributed by atoms with Gasteiger partial charge >= 0.3 is 5.97 Å². The van der Waals surface area contributed by atoms with Crippen LogP contribution in [0, 0.1) is 0 Å². The lowest BCUT2D eigenvalue weighted by Crippen LogP contribution is -2.38. The average Bonchev–Trinajstić information content (AvgIpc) is 2.95. The van der Waals surface area contributed by atoms with Crippen LogP contribution in [0.2, 0.25) is 0 Å². The minimum absolute atomic E-state index is 0.0810. The van der Waals surface area contributed by atoms with Gasteiger partial charge in [0.15, 0.2) is 6.61 Å². The molecule has 1 amide bonds. The molecule has 0 N–H and O–H groups in total. The summed E-state index contributed by atoms with van der Waals surface area (Å²) in [4.78, 5) is 26.3. The van der Waals surface area contributed by atoms with Crippen molar-refractivity contribution in [3.8, 4) is 0 Å². The molecule has 0 saturated carbocycles. The zero-order valence-electron chi connectivity index (χ0n) is 14.0. The molecule has 1 heterocycles. The van der Waals surface area contributed by atoms with Crippen molar-refractivity contribution in [3.63, 3.8) is 0 Å². The maximum absolute atomic E-state index is 12.5. The number of anilines is 1. The number of esters is 1.